The fourth-order valence-electron chi connectivity index (χ4n) is 4.45. The lowest BCUT2D eigenvalue weighted by Crippen LogP contribution is -2.55. The van der Waals surface area contributed by atoms with E-state index in [1.54, 1.807) is 12.1 Å². The number of halogens is 1. The molecule has 2 aliphatic heterocycles. The van der Waals surface area contributed by atoms with Crippen LogP contribution in [0.25, 0.3) is 0 Å². The number of hydrogen-bond donors (Lipinski definition) is 1. The van der Waals surface area contributed by atoms with Crippen LogP contribution in [0.4, 0.5) is 0 Å². The maximum atomic E-state index is 12.9. The van der Waals surface area contributed by atoms with Crippen LogP contribution in [0.2, 0.25) is 5.02 Å². The molecule has 1 unspecified atom stereocenters. The Morgan fingerprint density at radius 3 is 2.81 bits per heavy atom. The molecule has 1 atom stereocenters. The van der Waals surface area contributed by atoms with Gasteiger partial charge in [0.05, 0.1) is 5.56 Å². The zero-order chi connectivity index (χ0) is 18.3. The first-order chi connectivity index (χ1) is 12.5. The van der Waals surface area contributed by atoms with Gasteiger partial charge in [0.25, 0.3) is 5.91 Å². The van der Waals surface area contributed by atoms with Crippen molar-refractivity contribution in [2.45, 2.75) is 38.5 Å². The second kappa shape index (κ2) is 6.76. The van der Waals surface area contributed by atoms with Gasteiger partial charge in [0.1, 0.15) is 5.75 Å². The number of aromatic hydroxyl groups is 1. The van der Waals surface area contributed by atoms with Crippen LogP contribution < -0.4 is 0 Å². The first kappa shape index (κ1) is 17.7. The summed E-state index contributed by atoms with van der Waals surface area (Å²) in [7, 11) is 0. The molecule has 2 saturated heterocycles. The standard InChI is InChI=1S/C20H25ClN2O3/c21-15-4-5-16(17(24)10-15)19(26)22-9-1-7-20(12-22)8-6-18(25)23(13-20)11-14-2-3-14/h4-5,10,14,24H,1-3,6-9,11-13H2. The number of phenols is 1. The highest BCUT2D eigenvalue weighted by Crippen LogP contribution is 2.41. The van der Waals surface area contributed by atoms with Gasteiger partial charge in [-0.05, 0) is 56.2 Å². The Bertz CT molecular complexity index is 734. The van der Waals surface area contributed by atoms with E-state index in [9.17, 15) is 14.7 Å². The Hall–Kier alpha value is -1.75. The number of piperidine rings is 2. The van der Waals surface area contributed by atoms with Crippen molar-refractivity contribution in [2.75, 3.05) is 26.2 Å². The van der Waals surface area contributed by atoms with Crippen LogP contribution in [-0.4, -0.2) is 52.9 Å². The van der Waals surface area contributed by atoms with Gasteiger partial charge in [0.15, 0.2) is 0 Å². The van der Waals surface area contributed by atoms with Crippen molar-refractivity contribution >= 4 is 23.4 Å². The van der Waals surface area contributed by atoms with E-state index in [2.05, 4.69) is 0 Å². The molecule has 5 nitrogen and oxygen atoms in total. The van der Waals surface area contributed by atoms with E-state index in [1.165, 1.54) is 18.9 Å². The zero-order valence-electron chi connectivity index (χ0n) is 14.9. The summed E-state index contributed by atoms with van der Waals surface area (Å²) in [4.78, 5) is 29.1. The minimum Gasteiger partial charge on any atom is -0.507 e. The number of hydrogen-bond acceptors (Lipinski definition) is 3. The van der Waals surface area contributed by atoms with Gasteiger partial charge in [0, 0.05) is 43.0 Å². The van der Waals surface area contributed by atoms with Gasteiger partial charge in [-0.3, -0.25) is 9.59 Å². The SMILES string of the molecule is O=C1CCC2(CCCN(C(=O)c3ccc(Cl)cc3O)C2)CN1CC1CC1. The maximum Gasteiger partial charge on any atom is 0.257 e. The normalized spacial score (nSPS) is 26.4. The molecule has 2 heterocycles. The molecule has 3 fully saturated rings. The highest BCUT2D eigenvalue weighted by atomic mass is 35.5. The van der Waals surface area contributed by atoms with E-state index in [0.29, 0.717) is 36.0 Å². The predicted molar refractivity (Wildman–Crippen MR) is 99.2 cm³/mol. The number of likely N-dealkylation sites (tertiary alicyclic amines) is 2. The van der Waals surface area contributed by atoms with Crippen molar-refractivity contribution in [3.63, 3.8) is 0 Å². The number of rotatable bonds is 3. The molecular formula is C20H25ClN2O3. The fraction of sp³-hybridized carbons (Fsp3) is 0.600. The van der Waals surface area contributed by atoms with Crippen LogP contribution in [0, 0.1) is 11.3 Å². The van der Waals surface area contributed by atoms with Crippen LogP contribution in [-0.2, 0) is 4.79 Å². The number of benzene rings is 1. The molecule has 0 bridgehead atoms. The second-order valence-electron chi connectivity index (χ2n) is 8.21. The third-order valence-corrected chi connectivity index (χ3v) is 6.30. The summed E-state index contributed by atoms with van der Waals surface area (Å²) in [6, 6.07) is 4.63. The van der Waals surface area contributed by atoms with Crippen LogP contribution in [0.1, 0.15) is 48.9 Å². The number of nitrogens with zero attached hydrogens (tertiary/aromatic N) is 2. The van der Waals surface area contributed by atoms with Gasteiger partial charge in [-0.1, -0.05) is 11.6 Å². The molecule has 2 amide bonds. The van der Waals surface area contributed by atoms with Gasteiger partial charge in [0.2, 0.25) is 5.91 Å². The van der Waals surface area contributed by atoms with Crippen molar-refractivity contribution in [2.24, 2.45) is 11.3 Å². The molecule has 3 aliphatic rings. The number of amides is 2. The molecule has 1 aromatic rings. The molecule has 140 valence electrons. The predicted octanol–water partition coefficient (Wildman–Crippen LogP) is 3.30. The summed E-state index contributed by atoms with van der Waals surface area (Å²) in [5, 5.41) is 10.5. The monoisotopic (exact) mass is 376 g/mol. The lowest BCUT2D eigenvalue weighted by molar-refractivity contribution is -0.139. The molecule has 26 heavy (non-hydrogen) atoms. The first-order valence-corrected chi connectivity index (χ1v) is 9.89. The number of carbonyl (C=O) groups excluding carboxylic acids is 2. The van der Waals surface area contributed by atoms with Gasteiger partial charge < -0.3 is 14.9 Å². The molecule has 6 heteroatoms. The van der Waals surface area contributed by atoms with Crippen LogP contribution in [0.5, 0.6) is 5.75 Å². The minimum atomic E-state index is -0.149. The Kier molecular flexibility index (Phi) is 4.59. The first-order valence-electron chi connectivity index (χ1n) is 9.51. The molecule has 4 rings (SSSR count). The summed E-state index contributed by atoms with van der Waals surface area (Å²) in [6.07, 6.45) is 5.89. The second-order valence-corrected chi connectivity index (χ2v) is 8.65. The van der Waals surface area contributed by atoms with E-state index in [-0.39, 0.29) is 23.0 Å². The summed E-state index contributed by atoms with van der Waals surface area (Å²) in [5.41, 5.74) is 0.298. The summed E-state index contributed by atoms with van der Waals surface area (Å²) in [6.45, 7) is 2.99. The van der Waals surface area contributed by atoms with Gasteiger partial charge >= 0.3 is 0 Å². The Labute approximate surface area is 158 Å². The summed E-state index contributed by atoms with van der Waals surface area (Å²) >= 11 is 5.88. The summed E-state index contributed by atoms with van der Waals surface area (Å²) in [5.74, 6) is 0.725. The largest absolute Gasteiger partial charge is 0.507 e. The molecule has 1 aromatic carbocycles. The van der Waals surface area contributed by atoms with E-state index >= 15 is 0 Å². The fourth-order valence-corrected chi connectivity index (χ4v) is 4.62. The molecule has 0 aromatic heterocycles. The van der Waals surface area contributed by atoms with Crippen LogP contribution in [0.3, 0.4) is 0 Å². The third kappa shape index (κ3) is 3.54. The topological polar surface area (TPSA) is 60.9 Å². The van der Waals surface area contributed by atoms with E-state index in [0.717, 1.165) is 32.4 Å². The Morgan fingerprint density at radius 1 is 1.27 bits per heavy atom. The molecule has 1 spiro atoms. The van der Waals surface area contributed by atoms with Gasteiger partial charge in [-0.2, -0.15) is 0 Å². The Morgan fingerprint density at radius 2 is 2.08 bits per heavy atom. The van der Waals surface area contributed by atoms with Gasteiger partial charge in [-0.15, -0.1) is 0 Å². The molecule has 0 radical (unpaired) electrons. The number of carbonyl (C=O) groups is 2. The average Bonchev–Trinajstić information content (AvgIpc) is 3.42. The lowest BCUT2D eigenvalue weighted by Gasteiger charge is -2.48. The third-order valence-electron chi connectivity index (χ3n) is 6.06. The molecule has 1 N–H and O–H groups in total. The van der Waals surface area contributed by atoms with E-state index in [1.807, 2.05) is 9.80 Å². The minimum absolute atomic E-state index is 0.00124. The summed E-state index contributed by atoms with van der Waals surface area (Å²) < 4.78 is 0. The zero-order valence-corrected chi connectivity index (χ0v) is 15.7. The Balaban J connectivity index is 1.49. The molecule has 1 saturated carbocycles. The average molecular weight is 377 g/mol. The maximum absolute atomic E-state index is 12.9. The quantitative estimate of drug-likeness (QED) is 0.880. The van der Waals surface area contributed by atoms with Crippen molar-refractivity contribution < 1.29 is 14.7 Å². The van der Waals surface area contributed by atoms with Crippen molar-refractivity contribution in [1.29, 1.82) is 0 Å². The number of phenolic OH excluding ortho intramolecular Hbond substituents is 1. The van der Waals surface area contributed by atoms with E-state index in [4.69, 9.17) is 11.6 Å². The van der Waals surface area contributed by atoms with Crippen LogP contribution >= 0.6 is 11.6 Å². The highest BCUT2D eigenvalue weighted by Gasteiger charge is 2.44. The van der Waals surface area contributed by atoms with Crippen molar-refractivity contribution in [3.05, 3.63) is 28.8 Å². The lowest BCUT2D eigenvalue weighted by atomic mass is 9.73. The van der Waals surface area contributed by atoms with E-state index < -0.39 is 0 Å². The molecule has 1 aliphatic carbocycles. The van der Waals surface area contributed by atoms with Gasteiger partial charge in [-0.25, -0.2) is 0 Å². The van der Waals surface area contributed by atoms with Crippen molar-refractivity contribution in [3.8, 4) is 5.75 Å². The van der Waals surface area contributed by atoms with Crippen molar-refractivity contribution in [1.82, 2.24) is 9.80 Å². The molecular weight excluding hydrogens is 352 g/mol. The highest BCUT2D eigenvalue weighted by molar-refractivity contribution is 6.30. The smallest absolute Gasteiger partial charge is 0.257 e. The van der Waals surface area contributed by atoms with Crippen LogP contribution in [0.15, 0.2) is 18.2 Å².